The molecule has 0 bridgehead atoms. The van der Waals surface area contributed by atoms with Crippen molar-refractivity contribution < 1.29 is 18.3 Å². The number of halogens is 3. The molecule has 0 aliphatic heterocycles. The fourth-order valence-corrected chi connectivity index (χ4v) is 2.24. The third-order valence-electron chi connectivity index (χ3n) is 2.81. The highest BCUT2D eigenvalue weighted by Gasteiger charge is 2.30. The molecule has 1 aromatic rings. The van der Waals surface area contributed by atoms with Crippen molar-refractivity contribution in [3.63, 3.8) is 0 Å². The Morgan fingerprint density at radius 3 is 2.00 bits per heavy atom. The highest BCUT2D eigenvalue weighted by atomic mass is 19.4. The van der Waals surface area contributed by atoms with Crippen molar-refractivity contribution in [3.8, 4) is 0 Å². The van der Waals surface area contributed by atoms with E-state index in [4.69, 9.17) is 0 Å². The van der Waals surface area contributed by atoms with Gasteiger partial charge in [0.15, 0.2) is 0 Å². The van der Waals surface area contributed by atoms with Gasteiger partial charge in [-0.1, -0.05) is 26.0 Å². The van der Waals surface area contributed by atoms with E-state index < -0.39 is 17.8 Å². The van der Waals surface area contributed by atoms with Crippen LogP contribution in [0.1, 0.15) is 38.3 Å². The third kappa shape index (κ3) is 4.69. The normalized spacial score (nSPS) is 14.6. The molecular weight excluding hydrogens is 241 g/mol. The van der Waals surface area contributed by atoms with Gasteiger partial charge in [-0.15, -0.1) is 0 Å². The van der Waals surface area contributed by atoms with Gasteiger partial charge in [-0.25, -0.2) is 0 Å². The fraction of sp³-hybridized carbons (Fsp3) is 0.571. The molecule has 102 valence electrons. The molecule has 0 spiro atoms. The summed E-state index contributed by atoms with van der Waals surface area (Å²) in [6.45, 7) is 5.71. The Kier molecular flexibility index (Phi) is 4.43. The average Bonchev–Trinajstić information content (AvgIpc) is 2.13. The summed E-state index contributed by atoms with van der Waals surface area (Å²) in [5, 5.41) is 9.37. The zero-order valence-corrected chi connectivity index (χ0v) is 10.9. The van der Waals surface area contributed by atoms with Gasteiger partial charge in [-0.3, -0.25) is 0 Å². The highest BCUT2D eigenvalue weighted by Crippen LogP contribution is 2.31. The van der Waals surface area contributed by atoms with Crippen LogP contribution in [0.3, 0.4) is 0 Å². The van der Waals surface area contributed by atoms with Gasteiger partial charge in [-0.2, -0.15) is 13.2 Å². The molecule has 0 aromatic heterocycles. The number of aliphatic hydroxyl groups is 1. The summed E-state index contributed by atoms with van der Waals surface area (Å²) in [5.41, 5.74) is 0.0988. The van der Waals surface area contributed by atoms with Crippen molar-refractivity contribution in [3.05, 3.63) is 35.4 Å². The van der Waals surface area contributed by atoms with Crippen molar-refractivity contribution in [2.45, 2.75) is 45.9 Å². The van der Waals surface area contributed by atoms with E-state index in [1.54, 1.807) is 6.92 Å². The van der Waals surface area contributed by atoms with Crippen molar-refractivity contribution in [2.24, 2.45) is 5.41 Å². The minimum atomic E-state index is -4.28. The Labute approximate surface area is 106 Å². The second kappa shape index (κ2) is 5.31. The smallest absolute Gasteiger partial charge is 0.393 e. The number of hydrogen-bond donors (Lipinski definition) is 1. The predicted molar refractivity (Wildman–Crippen MR) is 65.2 cm³/mol. The van der Waals surface area contributed by atoms with E-state index in [0.29, 0.717) is 12.8 Å². The van der Waals surface area contributed by atoms with Crippen LogP contribution in [0.25, 0.3) is 0 Å². The number of hydrogen-bond acceptors (Lipinski definition) is 1. The lowest BCUT2D eigenvalue weighted by molar-refractivity contribution is -0.137. The first-order valence-electron chi connectivity index (χ1n) is 5.94. The Balaban J connectivity index is 2.75. The van der Waals surface area contributed by atoms with Gasteiger partial charge in [0.1, 0.15) is 0 Å². The van der Waals surface area contributed by atoms with Crippen molar-refractivity contribution in [1.29, 1.82) is 0 Å². The van der Waals surface area contributed by atoms with E-state index >= 15 is 0 Å². The summed E-state index contributed by atoms with van der Waals surface area (Å²) in [4.78, 5) is 0. The number of benzene rings is 1. The standard InChI is InChI=1S/C14H19F3O/c1-10(18)8-13(2,3)9-11-4-6-12(7-5-11)14(15,16)17/h4-7,10,18H,8-9H2,1-3H3. The van der Waals surface area contributed by atoms with Crippen LogP contribution in [0.4, 0.5) is 13.2 Å². The first kappa shape index (κ1) is 15.0. The van der Waals surface area contributed by atoms with Crippen LogP contribution >= 0.6 is 0 Å². The molecule has 1 aromatic carbocycles. The van der Waals surface area contributed by atoms with Crippen LogP contribution in [0.5, 0.6) is 0 Å². The third-order valence-corrected chi connectivity index (χ3v) is 2.81. The Morgan fingerprint density at radius 1 is 1.11 bits per heavy atom. The van der Waals surface area contributed by atoms with Crippen molar-refractivity contribution in [1.82, 2.24) is 0 Å². The minimum Gasteiger partial charge on any atom is -0.393 e. The molecular formula is C14H19F3O. The molecule has 0 aliphatic rings. The zero-order valence-electron chi connectivity index (χ0n) is 10.9. The maximum Gasteiger partial charge on any atom is 0.416 e. The van der Waals surface area contributed by atoms with Crippen LogP contribution in [0.2, 0.25) is 0 Å². The van der Waals surface area contributed by atoms with E-state index in [1.807, 2.05) is 13.8 Å². The highest BCUT2D eigenvalue weighted by molar-refractivity contribution is 5.25. The largest absolute Gasteiger partial charge is 0.416 e. The topological polar surface area (TPSA) is 20.2 Å². The number of rotatable bonds is 4. The number of aliphatic hydroxyl groups excluding tert-OH is 1. The van der Waals surface area contributed by atoms with E-state index in [2.05, 4.69) is 0 Å². The van der Waals surface area contributed by atoms with Gasteiger partial charge >= 0.3 is 6.18 Å². The van der Waals surface area contributed by atoms with Gasteiger partial charge in [0.25, 0.3) is 0 Å². The summed E-state index contributed by atoms with van der Waals surface area (Å²) >= 11 is 0. The average molecular weight is 260 g/mol. The maximum absolute atomic E-state index is 12.4. The molecule has 0 radical (unpaired) electrons. The molecule has 0 amide bonds. The monoisotopic (exact) mass is 260 g/mol. The molecule has 0 saturated carbocycles. The molecule has 1 atom stereocenters. The van der Waals surface area contributed by atoms with E-state index in [1.165, 1.54) is 12.1 Å². The summed E-state index contributed by atoms with van der Waals surface area (Å²) in [7, 11) is 0. The SMILES string of the molecule is CC(O)CC(C)(C)Cc1ccc(C(F)(F)F)cc1. The Morgan fingerprint density at radius 2 is 1.61 bits per heavy atom. The zero-order chi connectivity index (χ0) is 14.0. The fourth-order valence-electron chi connectivity index (χ4n) is 2.24. The van der Waals surface area contributed by atoms with E-state index in [-0.39, 0.29) is 5.41 Å². The molecule has 18 heavy (non-hydrogen) atoms. The summed E-state index contributed by atoms with van der Waals surface area (Å²) in [6, 6.07) is 5.22. The lowest BCUT2D eigenvalue weighted by atomic mass is 9.81. The lowest BCUT2D eigenvalue weighted by Gasteiger charge is -2.26. The molecule has 1 unspecified atom stereocenters. The molecule has 0 heterocycles. The van der Waals surface area contributed by atoms with Crippen LogP contribution in [0.15, 0.2) is 24.3 Å². The summed E-state index contributed by atoms with van der Waals surface area (Å²) in [6.07, 6.45) is -3.42. The van der Waals surface area contributed by atoms with Crippen LogP contribution in [-0.4, -0.2) is 11.2 Å². The molecule has 0 fully saturated rings. The van der Waals surface area contributed by atoms with Gasteiger partial charge in [-0.05, 0) is 42.9 Å². The summed E-state index contributed by atoms with van der Waals surface area (Å²) < 4.78 is 37.2. The van der Waals surface area contributed by atoms with Crippen LogP contribution < -0.4 is 0 Å². The predicted octanol–water partition coefficient (Wildman–Crippen LogP) is 4.05. The quantitative estimate of drug-likeness (QED) is 0.866. The summed E-state index contributed by atoms with van der Waals surface area (Å²) in [5.74, 6) is 0. The molecule has 0 aliphatic carbocycles. The van der Waals surface area contributed by atoms with Gasteiger partial charge in [0.2, 0.25) is 0 Å². The van der Waals surface area contributed by atoms with Crippen LogP contribution in [0, 0.1) is 5.41 Å². The van der Waals surface area contributed by atoms with Crippen molar-refractivity contribution in [2.75, 3.05) is 0 Å². The molecule has 4 heteroatoms. The molecule has 1 N–H and O–H groups in total. The van der Waals surface area contributed by atoms with Gasteiger partial charge in [0.05, 0.1) is 11.7 Å². The Hall–Kier alpha value is -1.03. The second-order valence-electron chi connectivity index (χ2n) is 5.59. The van der Waals surface area contributed by atoms with Crippen molar-refractivity contribution >= 4 is 0 Å². The minimum absolute atomic E-state index is 0.131. The Bertz CT molecular complexity index is 377. The van der Waals surface area contributed by atoms with E-state index in [9.17, 15) is 18.3 Å². The molecule has 0 saturated heterocycles. The van der Waals surface area contributed by atoms with Gasteiger partial charge in [0, 0.05) is 0 Å². The molecule has 1 nitrogen and oxygen atoms in total. The lowest BCUT2D eigenvalue weighted by Crippen LogP contribution is -2.21. The van der Waals surface area contributed by atoms with E-state index in [0.717, 1.165) is 17.7 Å². The first-order valence-corrected chi connectivity index (χ1v) is 5.94. The van der Waals surface area contributed by atoms with Gasteiger partial charge < -0.3 is 5.11 Å². The molecule has 1 rings (SSSR count). The van der Waals surface area contributed by atoms with Crippen LogP contribution in [-0.2, 0) is 12.6 Å². The second-order valence-corrected chi connectivity index (χ2v) is 5.59. The maximum atomic E-state index is 12.4. The first-order chi connectivity index (χ1) is 8.10. The number of alkyl halides is 3.